The molecule has 1 aliphatic rings. The summed E-state index contributed by atoms with van der Waals surface area (Å²) in [6.45, 7) is 2.17. The van der Waals surface area contributed by atoms with Gasteiger partial charge in [0.05, 0.1) is 12.3 Å². The number of para-hydroxylation sites is 1. The molecule has 0 atom stereocenters. The van der Waals surface area contributed by atoms with Gasteiger partial charge in [-0.25, -0.2) is 9.48 Å². The summed E-state index contributed by atoms with van der Waals surface area (Å²) in [4.78, 5) is 11.8. The Morgan fingerprint density at radius 2 is 2.10 bits per heavy atom. The highest BCUT2D eigenvalue weighted by atomic mass is 79.9. The standard InChI is InChI=1S/C15H16N2O2.CH3Br/c1-2-19-15(18)13-10-12-8-5-7-11-6-3-4-9-14(11)17(12)16-13;1-2/h3-4,6,9-10H,2,5,7-8H2,1H3;1H3. The van der Waals surface area contributed by atoms with E-state index in [2.05, 4.69) is 27.1 Å². The second kappa shape index (κ2) is 7.41. The maximum atomic E-state index is 11.8. The SMILES string of the molecule is CBr.CCOC(=O)c1cc2n(n1)-c1ccccc1CCC2. The van der Waals surface area contributed by atoms with Crippen molar-refractivity contribution in [3.63, 3.8) is 0 Å². The molecule has 2 heterocycles. The summed E-state index contributed by atoms with van der Waals surface area (Å²) in [5.74, 6) is 1.47. The van der Waals surface area contributed by atoms with Gasteiger partial charge >= 0.3 is 5.97 Å². The lowest BCUT2D eigenvalue weighted by Gasteiger charge is -2.07. The summed E-state index contributed by atoms with van der Waals surface area (Å²) in [7, 11) is 0. The van der Waals surface area contributed by atoms with E-state index in [1.807, 2.05) is 34.8 Å². The van der Waals surface area contributed by atoms with Crippen molar-refractivity contribution in [2.24, 2.45) is 0 Å². The maximum absolute atomic E-state index is 11.8. The van der Waals surface area contributed by atoms with E-state index in [0.717, 1.165) is 30.6 Å². The van der Waals surface area contributed by atoms with E-state index < -0.39 is 0 Å². The molecule has 0 N–H and O–H groups in total. The smallest absolute Gasteiger partial charge is 0.358 e. The molecule has 1 aliphatic heterocycles. The number of halogens is 1. The predicted molar refractivity (Wildman–Crippen MR) is 86.4 cm³/mol. The molecule has 4 nitrogen and oxygen atoms in total. The van der Waals surface area contributed by atoms with Crippen LogP contribution in [0, 0.1) is 0 Å². The molecule has 1 aromatic carbocycles. The van der Waals surface area contributed by atoms with Gasteiger partial charge in [0.1, 0.15) is 0 Å². The third-order valence-corrected chi connectivity index (χ3v) is 3.37. The summed E-state index contributed by atoms with van der Waals surface area (Å²) in [6.07, 6.45) is 3.06. The van der Waals surface area contributed by atoms with Crippen LogP contribution in [0.2, 0.25) is 0 Å². The Balaban J connectivity index is 0.000000774. The topological polar surface area (TPSA) is 44.1 Å². The molecule has 1 aromatic heterocycles. The highest BCUT2D eigenvalue weighted by Gasteiger charge is 2.19. The van der Waals surface area contributed by atoms with Crippen molar-refractivity contribution in [2.45, 2.75) is 26.2 Å². The van der Waals surface area contributed by atoms with Crippen LogP contribution in [0.25, 0.3) is 5.69 Å². The number of benzene rings is 1. The van der Waals surface area contributed by atoms with Crippen molar-refractivity contribution in [1.29, 1.82) is 0 Å². The number of ether oxygens (including phenoxy) is 1. The number of aryl methyl sites for hydroxylation is 2. The Morgan fingerprint density at radius 1 is 1.33 bits per heavy atom. The van der Waals surface area contributed by atoms with E-state index in [9.17, 15) is 4.79 Å². The molecule has 0 amide bonds. The lowest BCUT2D eigenvalue weighted by Crippen LogP contribution is -2.07. The van der Waals surface area contributed by atoms with Crippen molar-refractivity contribution in [3.8, 4) is 5.69 Å². The Kier molecular flexibility index (Phi) is 5.56. The molecule has 0 radical (unpaired) electrons. The van der Waals surface area contributed by atoms with Crippen molar-refractivity contribution in [2.75, 3.05) is 12.4 Å². The minimum absolute atomic E-state index is 0.347. The van der Waals surface area contributed by atoms with Crippen LogP contribution >= 0.6 is 15.9 Å². The summed E-state index contributed by atoms with van der Waals surface area (Å²) in [6, 6.07) is 10.1. The van der Waals surface area contributed by atoms with Gasteiger partial charge in [0, 0.05) is 5.69 Å². The Morgan fingerprint density at radius 3 is 2.86 bits per heavy atom. The number of hydrogen-bond donors (Lipinski definition) is 0. The van der Waals surface area contributed by atoms with Gasteiger partial charge < -0.3 is 4.74 Å². The monoisotopic (exact) mass is 350 g/mol. The van der Waals surface area contributed by atoms with Gasteiger partial charge in [0.2, 0.25) is 0 Å². The number of fused-ring (bicyclic) bond motifs is 3. The first-order valence-corrected chi connectivity index (χ1v) is 8.60. The molecule has 0 saturated carbocycles. The van der Waals surface area contributed by atoms with Crippen LogP contribution in [0.5, 0.6) is 0 Å². The molecule has 0 aliphatic carbocycles. The molecular weight excluding hydrogens is 332 g/mol. The number of carbonyl (C=O) groups is 1. The Labute approximate surface area is 133 Å². The lowest BCUT2D eigenvalue weighted by molar-refractivity contribution is 0.0519. The van der Waals surface area contributed by atoms with Crippen molar-refractivity contribution >= 4 is 21.9 Å². The molecule has 5 heteroatoms. The van der Waals surface area contributed by atoms with Crippen LogP contribution in [0.3, 0.4) is 0 Å². The van der Waals surface area contributed by atoms with Gasteiger partial charge in [-0.05, 0) is 49.7 Å². The van der Waals surface area contributed by atoms with E-state index in [4.69, 9.17) is 4.74 Å². The van der Waals surface area contributed by atoms with Gasteiger partial charge in [0.15, 0.2) is 5.69 Å². The third kappa shape index (κ3) is 3.35. The minimum atomic E-state index is -0.347. The van der Waals surface area contributed by atoms with E-state index in [1.165, 1.54) is 5.56 Å². The molecule has 0 fully saturated rings. The summed E-state index contributed by atoms with van der Waals surface area (Å²) in [5, 5.41) is 4.41. The average molecular weight is 351 g/mol. The van der Waals surface area contributed by atoms with Crippen LogP contribution < -0.4 is 0 Å². The first-order chi connectivity index (χ1) is 10.3. The Hall–Kier alpha value is -1.62. The number of rotatable bonds is 2. The zero-order valence-electron chi connectivity index (χ0n) is 12.3. The second-order valence-electron chi connectivity index (χ2n) is 4.64. The number of esters is 1. The van der Waals surface area contributed by atoms with E-state index in [1.54, 1.807) is 6.92 Å². The van der Waals surface area contributed by atoms with Crippen LogP contribution in [0.4, 0.5) is 0 Å². The van der Waals surface area contributed by atoms with Gasteiger partial charge in [-0.3, -0.25) is 0 Å². The van der Waals surface area contributed by atoms with Gasteiger partial charge in [0.25, 0.3) is 0 Å². The molecule has 0 spiro atoms. The molecule has 3 rings (SSSR count). The molecule has 2 aromatic rings. The van der Waals surface area contributed by atoms with Crippen molar-refractivity contribution in [1.82, 2.24) is 9.78 Å². The fourth-order valence-electron chi connectivity index (χ4n) is 2.50. The zero-order valence-corrected chi connectivity index (χ0v) is 13.9. The normalized spacial score (nSPS) is 12.3. The van der Waals surface area contributed by atoms with Crippen LogP contribution in [0.1, 0.15) is 35.1 Å². The van der Waals surface area contributed by atoms with Gasteiger partial charge in [-0.15, -0.1) is 0 Å². The lowest BCUT2D eigenvalue weighted by atomic mass is 10.1. The molecule has 0 bridgehead atoms. The summed E-state index contributed by atoms with van der Waals surface area (Å²) >= 11 is 2.94. The van der Waals surface area contributed by atoms with E-state index >= 15 is 0 Å². The fourth-order valence-corrected chi connectivity index (χ4v) is 2.50. The van der Waals surface area contributed by atoms with Crippen molar-refractivity contribution in [3.05, 3.63) is 47.3 Å². The quantitative estimate of drug-likeness (QED) is 0.614. The molecular formula is C16H19BrN2O2. The molecule has 21 heavy (non-hydrogen) atoms. The number of alkyl halides is 1. The van der Waals surface area contributed by atoms with E-state index in [0.29, 0.717) is 12.3 Å². The first kappa shape index (κ1) is 15.8. The molecule has 0 unspecified atom stereocenters. The number of nitrogens with zero attached hydrogens (tertiary/aromatic N) is 2. The van der Waals surface area contributed by atoms with Crippen LogP contribution in [-0.4, -0.2) is 28.2 Å². The second-order valence-corrected chi connectivity index (χ2v) is 4.64. The van der Waals surface area contributed by atoms with Crippen LogP contribution in [-0.2, 0) is 17.6 Å². The largest absolute Gasteiger partial charge is 0.461 e. The Bertz CT molecular complexity index is 622. The minimum Gasteiger partial charge on any atom is -0.461 e. The third-order valence-electron chi connectivity index (χ3n) is 3.37. The van der Waals surface area contributed by atoms with Gasteiger partial charge in [-0.1, -0.05) is 34.1 Å². The summed E-state index contributed by atoms with van der Waals surface area (Å²) in [5.41, 5.74) is 3.83. The highest BCUT2D eigenvalue weighted by molar-refractivity contribution is 9.08. The molecule has 0 saturated heterocycles. The first-order valence-electron chi connectivity index (χ1n) is 7.01. The summed E-state index contributed by atoms with van der Waals surface area (Å²) < 4.78 is 6.89. The maximum Gasteiger partial charge on any atom is 0.358 e. The number of carbonyl (C=O) groups excluding carboxylic acids is 1. The van der Waals surface area contributed by atoms with Crippen molar-refractivity contribution < 1.29 is 9.53 Å². The predicted octanol–water partition coefficient (Wildman–Crippen LogP) is 3.55. The average Bonchev–Trinajstić information content (AvgIpc) is 2.87. The van der Waals surface area contributed by atoms with Gasteiger partial charge in [-0.2, -0.15) is 5.10 Å². The number of aromatic nitrogens is 2. The fraction of sp³-hybridized carbons (Fsp3) is 0.375. The molecule has 112 valence electrons. The van der Waals surface area contributed by atoms with Crippen LogP contribution in [0.15, 0.2) is 30.3 Å². The number of hydrogen-bond acceptors (Lipinski definition) is 3. The van der Waals surface area contributed by atoms with E-state index in [-0.39, 0.29) is 5.97 Å². The highest BCUT2D eigenvalue weighted by Crippen LogP contribution is 2.24. The zero-order chi connectivity index (χ0) is 15.2.